The van der Waals surface area contributed by atoms with Gasteiger partial charge >= 0.3 is 0 Å². The lowest BCUT2D eigenvalue weighted by Crippen LogP contribution is -2.00. The second kappa shape index (κ2) is 10.1. The highest BCUT2D eigenvalue weighted by Gasteiger charge is 2.10. The molecule has 0 bridgehead atoms. The van der Waals surface area contributed by atoms with E-state index in [-0.39, 0.29) is 18.9 Å². The maximum Gasteiger partial charge on any atom is 0.269 e. The van der Waals surface area contributed by atoms with E-state index in [1.807, 2.05) is 48.5 Å². The first-order valence-corrected chi connectivity index (χ1v) is 10.2. The van der Waals surface area contributed by atoms with E-state index >= 15 is 0 Å². The summed E-state index contributed by atoms with van der Waals surface area (Å²) in [5.41, 5.74) is 2.72. The highest BCUT2D eigenvalue weighted by Crippen LogP contribution is 2.28. The lowest BCUT2D eigenvalue weighted by molar-refractivity contribution is -0.384. The number of hydrogen-bond acceptors (Lipinski definition) is 6. The van der Waals surface area contributed by atoms with Gasteiger partial charge in [0.25, 0.3) is 5.69 Å². The molecule has 0 aromatic heterocycles. The minimum atomic E-state index is -0.431. The summed E-state index contributed by atoms with van der Waals surface area (Å²) in [6.45, 7) is 0.326. The van der Waals surface area contributed by atoms with Gasteiger partial charge < -0.3 is 9.57 Å². The maximum atomic E-state index is 11.0. The van der Waals surface area contributed by atoms with Crippen molar-refractivity contribution in [2.75, 3.05) is 0 Å². The lowest BCUT2D eigenvalue weighted by Gasteiger charge is -2.12. The van der Waals surface area contributed by atoms with Crippen molar-refractivity contribution in [2.45, 2.75) is 13.2 Å². The van der Waals surface area contributed by atoms with E-state index < -0.39 is 4.92 Å². The number of nitro benzene ring substituents is 1. The molecule has 4 rings (SSSR count). The van der Waals surface area contributed by atoms with Crippen LogP contribution in [0, 0.1) is 21.4 Å². The van der Waals surface area contributed by atoms with E-state index in [0.29, 0.717) is 16.9 Å². The van der Waals surface area contributed by atoms with Gasteiger partial charge in [0.1, 0.15) is 19.0 Å². The van der Waals surface area contributed by atoms with E-state index in [1.165, 1.54) is 12.1 Å². The first-order chi connectivity index (χ1) is 16.2. The Morgan fingerprint density at radius 3 is 2.64 bits per heavy atom. The Morgan fingerprint density at radius 2 is 1.79 bits per heavy atom. The number of rotatable bonds is 8. The van der Waals surface area contributed by atoms with Crippen molar-refractivity contribution in [3.63, 3.8) is 0 Å². The van der Waals surface area contributed by atoms with Gasteiger partial charge in [-0.05, 0) is 28.5 Å². The van der Waals surface area contributed by atoms with Gasteiger partial charge in [0.05, 0.1) is 22.8 Å². The molecular formula is C26H19N3O4. The van der Waals surface area contributed by atoms with Crippen molar-refractivity contribution >= 4 is 22.7 Å². The van der Waals surface area contributed by atoms with E-state index in [2.05, 4.69) is 11.2 Å². The lowest BCUT2D eigenvalue weighted by atomic mass is 10.0. The second-order valence-electron chi connectivity index (χ2n) is 7.19. The number of ether oxygens (including phenoxy) is 1. The van der Waals surface area contributed by atoms with E-state index in [9.17, 15) is 15.4 Å². The normalized spacial score (nSPS) is 10.8. The minimum Gasteiger partial charge on any atom is -0.488 e. The standard InChI is InChI=1S/C26H19N3O4/c27-15-21-8-1-2-9-22(21)18-33-28-16-25-24-11-4-3-7-20(24)12-13-26(25)32-17-19-6-5-10-23(14-19)29(30)31/h1-14,16H,17-18H2/b28-16-. The van der Waals surface area contributed by atoms with Crippen LogP contribution in [0.1, 0.15) is 22.3 Å². The van der Waals surface area contributed by atoms with Gasteiger partial charge in [0.15, 0.2) is 0 Å². The zero-order valence-electron chi connectivity index (χ0n) is 17.5. The monoisotopic (exact) mass is 437 g/mol. The number of nitriles is 1. The molecule has 162 valence electrons. The van der Waals surface area contributed by atoms with Gasteiger partial charge in [-0.25, -0.2) is 0 Å². The second-order valence-corrected chi connectivity index (χ2v) is 7.19. The molecule has 0 aliphatic rings. The Balaban J connectivity index is 1.56. The molecule has 4 aromatic rings. The third-order valence-electron chi connectivity index (χ3n) is 5.06. The third-order valence-corrected chi connectivity index (χ3v) is 5.06. The topological polar surface area (TPSA) is 97.8 Å². The molecule has 0 fully saturated rings. The van der Waals surface area contributed by atoms with Crippen LogP contribution in [0.4, 0.5) is 5.69 Å². The largest absolute Gasteiger partial charge is 0.488 e. The summed E-state index contributed by atoms with van der Waals surface area (Å²) in [6.07, 6.45) is 1.58. The molecule has 0 amide bonds. The van der Waals surface area contributed by atoms with Crippen LogP contribution in [-0.2, 0) is 18.1 Å². The number of fused-ring (bicyclic) bond motifs is 1. The molecule has 0 spiro atoms. The smallest absolute Gasteiger partial charge is 0.269 e. The van der Waals surface area contributed by atoms with Crippen LogP contribution in [0.3, 0.4) is 0 Å². The van der Waals surface area contributed by atoms with Gasteiger partial charge in [-0.3, -0.25) is 10.1 Å². The molecule has 0 atom stereocenters. The predicted octanol–water partition coefficient (Wildman–Crippen LogP) is 5.75. The van der Waals surface area contributed by atoms with Crippen LogP contribution in [0.2, 0.25) is 0 Å². The van der Waals surface area contributed by atoms with Gasteiger partial charge in [0, 0.05) is 23.3 Å². The van der Waals surface area contributed by atoms with Crippen molar-refractivity contribution < 1.29 is 14.5 Å². The zero-order chi connectivity index (χ0) is 23.0. The van der Waals surface area contributed by atoms with Crippen molar-refractivity contribution in [3.8, 4) is 11.8 Å². The van der Waals surface area contributed by atoms with Crippen LogP contribution < -0.4 is 4.74 Å². The summed E-state index contributed by atoms with van der Waals surface area (Å²) in [6, 6.07) is 27.3. The first-order valence-electron chi connectivity index (χ1n) is 10.2. The number of non-ortho nitro benzene ring substituents is 1. The first kappa shape index (κ1) is 21.5. The van der Waals surface area contributed by atoms with Gasteiger partial charge in [-0.1, -0.05) is 65.8 Å². The summed E-state index contributed by atoms with van der Waals surface area (Å²) in [7, 11) is 0. The molecule has 4 aromatic carbocycles. The van der Waals surface area contributed by atoms with Crippen LogP contribution in [0.15, 0.2) is 90.1 Å². The highest BCUT2D eigenvalue weighted by atomic mass is 16.6. The summed E-state index contributed by atoms with van der Waals surface area (Å²) in [4.78, 5) is 16.1. The number of nitro groups is 1. The molecule has 0 aliphatic heterocycles. The van der Waals surface area contributed by atoms with Crippen LogP contribution >= 0.6 is 0 Å². The molecule has 0 unspecified atom stereocenters. The van der Waals surface area contributed by atoms with Gasteiger partial charge in [-0.2, -0.15) is 5.26 Å². The number of benzene rings is 4. The Bertz CT molecular complexity index is 1380. The molecular weight excluding hydrogens is 418 g/mol. The average molecular weight is 437 g/mol. The molecule has 0 saturated carbocycles. The summed E-state index contributed by atoms with van der Waals surface area (Å²) < 4.78 is 6.01. The van der Waals surface area contributed by atoms with Crippen LogP contribution in [0.25, 0.3) is 10.8 Å². The molecule has 33 heavy (non-hydrogen) atoms. The summed E-state index contributed by atoms with van der Waals surface area (Å²) in [5.74, 6) is 0.574. The SMILES string of the molecule is N#Cc1ccccc1CO/N=C\c1c(OCc2cccc([N+](=O)[O-])c2)ccc2ccccc12. The molecule has 0 N–H and O–H groups in total. The van der Waals surface area contributed by atoms with Crippen molar-refractivity contribution in [1.29, 1.82) is 5.26 Å². The quantitative estimate of drug-likeness (QED) is 0.199. The van der Waals surface area contributed by atoms with Crippen molar-refractivity contribution in [3.05, 3.63) is 117 Å². The molecule has 0 radical (unpaired) electrons. The van der Waals surface area contributed by atoms with E-state index in [0.717, 1.165) is 21.9 Å². The number of nitrogens with zero attached hydrogens (tertiary/aromatic N) is 3. The fourth-order valence-electron chi connectivity index (χ4n) is 3.41. The third kappa shape index (κ3) is 5.14. The van der Waals surface area contributed by atoms with Crippen molar-refractivity contribution in [2.24, 2.45) is 5.16 Å². The van der Waals surface area contributed by atoms with E-state index in [1.54, 1.807) is 30.5 Å². The van der Waals surface area contributed by atoms with Crippen LogP contribution in [0.5, 0.6) is 5.75 Å². The fourth-order valence-corrected chi connectivity index (χ4v) is 3.41. The Morgan fingerprint density at radius 1 is 0.970 bits per heavy atom. The maximum absolute atomic E-state index is 11.0. The number of hydrogen-bond donors (Lipinski definition) is 0. The minimum absolute atomic E-state index is 0.0162. The average Bonchev–Trinajstić information content (AvgIpc) is 2.86. The van der Waals surface area contributed by atoms with E-state index in [4.69, 9.17) is 9.57 Å². The zero-order valence-corrected chi connectivity index (χ0v) is 17.5. The molecule has 0 saturated heterocycles. The molecule has 0 heterocycles. The summed E-state index contributed by atoms with van der Waals surface area (Å²) >= 11 is 0. The Kier molecular flexibility index (Phi) is 6.57. The fraction of sp³-hybridized carbons (Fsp3) is 0.0769. The summed E-state index contributed by atoms with van der Waals surface area (Å²) in [5, 5.41) is 26.3. The molecule has 0 aliphatic carbocycles. The predicted molar refractivity (Wildman–Crippen MR) is 125 cm³/mol. The van der Waals surface area contributed by atoms with Gasteiger partial charge in [-0.15, -0.1) is 0 Å². The molecule has 7 nitrogen and oxygen atoms in total. The Labute approximate surface area is 190 Å². The van der Waals surface area contributed by atoms with Gasteiger partial charge in [0.2, 0.25) is 0 Å². The van der Waals surface area contributed by atoms with Crippen molar-refractivity contribution in [1.82, 2.24) is 0 Å². The highest BCUT2D eigenvalue weighted by molar-refractivity contribution is 6.02. The Hall–Kier alpha value is -4.70. The number of oxime groups is 1. The van der Waals surface area contributed by atoms with Crippen LogP contribution in [-0.4, -0.2) is 11.1 Å². The molecule has 7 heteroatoms.